The molecule has 0 aliphatic heterocycles. The van der Waals surface area contributed by atoms with Gasteiger partial charge in [0.25, 0.3) is 0 Å². The van der Waals surface area contributed by atoms with Crippen molar-refractivity contribution in [3.8, 4) is 0 Å². The molecule has 23 heavy (non-hydrogen) atoms. The van der Waals surface area contributed by atoms with Gasteiger partial charge < -0.3 is 20.7 Å². The Morgan fingerprint density at radius 2 is 0.739 bits per heavy atom. The Labute approximate surface area is 157 Å². The van der Waals surface area contributed by atoms with Gasteiger partial charge in [-0.15, -0.1) is 0 Å². The molecule has 1 rings (SSSR count). The van der Waals surface area contributed by atoms with Gasteiger partial charge in [0.1, 0.15) is 0 Å². The van der Waals surface area contributed by atoms with E-state index in [0.717, 1.165) is 0 Å². The summed E-state index contributed by atoms with van der Waals surface area (Å²) < 4.78 is 0. The maximum atomic E-state index is 8.52. The SMILES string of the molecule is CC(C)(C)O.CC(C)(C)O.C[C]1C(C)=C(C)C(C)=C1C.[N-]=O.[W]. The molecule has 0 aromatic heterocycles. The van der Waals surface area contributed by atoms with E-state index in [1.807, 2.05) is 0 Å². The van der Waals surface area contributed by atoms with Crippen molar-refractivity contribution in [3.05, 3.63) is 38.7 Å². The van der Waals surface area contributed by atoms with Crippen LogP contribution in [0, 0.1) is 10.8 Å². The molecule has 2 N–H and O–H groups in total. The Hall–Kier alpha value is -0.312. The van der Waals surface area contributed by atoms with Crippen LogP contribution in [0.1, 0.15) is 76.2 Å². The van der Waals surface area contributed by atoms with E-state index >= 15 is 0 Å². The van der Waals surface area contributed by atoms with Crippen LogP contribution in [0.3, 0.4) is 0 Å². The van der Waals surface area contributed by atoms with Crippen LogP contribution >= 0.6 is 0 Å². The number of allylic oxidation sites excluding steroid dienone is 4. The molecule has 4 nitrogen and oxygen atoms in total. The fourth-order valence-electron chi connectivity index (χ4n) is 1.41. The molecular weight excluding hydrogens is 462 g/mol. The first kappa shape index (κ1) is 30.6. The molecule has 137 valence electrons. The molecule has 1 radical (unpaired) electrons. The number of nitrogens with zero attached hydrogens (tertiary/aromatic N) is 1. The first-order valence-electron chi connectivity index (χ1n) is 7.38. The predicted molar refractivity (Wildman–Crippen MR) is 96.3 cm³/mol. The largest absolute Gasteiger partial charge is 0.577 e. The van der Waals surface area contributed by atoms with Gasteiger partial charge in [-0.1, -0.05) is 18.1 Å². The van der Waals surface area contributed by atoms with Crippen LogP contribution in [0.4, 0.5) is 0 Å². The van der Waals surface area contributed by atoms with Crippen molar-refractivity contribution in [2.24, 2.45) is 0 Å². The zero-order chi connectivity index (χ0) is 18.9. The molecule has 0 amide bonds. The molecule has 0 saturated carbocycles. The van der Waals surface area contributed by atoms with Crippen LogP contribution in [0.25, 0.3) is 5.59 Å². The Kier molecular flexibility index (Phi) is 17.3. The van der Waals surface area contributed by atoms with Crippen LogP contribution in [-0.2, 0) is 21.1 Å². The average molecular weight is 497 g/mol. The minimum atomic E-state index is -0.500. The molecule has 5 heteroatoms. The van der Waals surface area contributed by atoms with Crippen molar-refractivity contribution in [1.29, 1.82) is 0 Å². The third kappa shape index (κ3) is 21.7. The molecule has 0 aromatic carbocycles. The maximum Gasteiger partial charge on any atom is 0.0563 e. The minimum Gasteiger partial charge on any atom is -0.577 e. The van der Waals surface area contributed by atoms with Gasteiger partial charge in [0, 0.05) is 27.0 Å². The van der Waals surface area contributed by atoms with Crippen LogP contribution in [0.5, 0.6) is 0 Å². The first-order valence-corrected chi connectivity index (χ1v) is 7.38. The zero-order valence-corrected chi connectivity index (χ0v) is 19.6. The topological polar surface area (TPSA) is 79.8 Å². The summed E-state index contributed by atoms with van der Waals surface area (Å²) in [5, 5.41) is 17.0. The fraction of sp³-hybridized carbons (Fsp3) is 0.722. The second-order valence-electron chi connectivity index (χ2n) is 7.47. The molecule has 0 unspecified atom stereocenters. The van der Waals surface area contributed by atoms with Crippen LogP contribution in [0.2, 0.25) is 0 Å². The van der Waals surface area contributed by atoms with E-state index in [1.165, 1.54) is 28.2 Å². The maximum absolute atomic E-state index is 8.52. The Bertz CT molecular complexity index is 340. The third-order valence-corrected chi connectivity index (χ3v) is 2.81. The Balaban J connectivity index is -0.000000120. The van der Waals surface area contributed by atoms with E-state index in [9.17, 15) is 0 Å². The fourth-order valence-corrected chi connectivity index (χ4v) is 1.41. The molecule has 0 aromatic rings. The minimum absolute atomic E-state index is 0. The van der Waals surface area contributed by atoms with Gasteiger partial charge in [-0.2, -0.15) is 0 Å². The quantitative estimate of drug-likeness (QED) is 0.487. The summed E-state index contributed by atoms with van der Waals surface area (Å²) in [6.45, 7) is 21.5. The first-order chi connectivity index (χ1) is 9.55. The van der Waals surface area contributed by atoms with Crippen LogP contribution < -0.4 is 0 Å². The molecule has 0 heterocycles. The van der Waals surface area contributed by atoms with Gasteiger partial charge in [0.05, 0.1) is 11.2 Å². The van der Waals surface area contributed by atoms with Gasteiger partial charge in [-0.3, -0.25) is 0 Å². The molecular formula is C18H35NO3W-. The second kappa shape index (κ2) is 13.0. The number of aliphatic hydroxyl groups is 2. The smallest absolute Gasteiger partial charge is 0.0563 e. The molecule has 0 saturated heterocycles. The predicted octanol–water partition coefficient (Wildman–Crippen LogP) is 5.14. The van der Waals surface area contributed by atoms with Gasteiger partial charge in [-0.05, 0) is 80.4 Å². The standard InChI is InChI=1S/C10H15.2C4H10O.NO.W/c1-6-7(2)9(4)10(5)8(6)3;2*1-4(2,3)5;1-2;/h1-5H3;2*5H,1-3H3;;/q;;;-1;. The van der Waals surface area contributed by atoms with E-state index in [0.29, 0.717) is 0 Å². The summed E-state index contributed by atoms with van der Waals surface area (Å²) in [5.41, 5.74) is 10.6. The average Bonchev–Trinajstić information content (AvgIpc) is 2.46. The van der Waals surface area contributed by atoms with E-state index in [1.54, 1.807) is 41.5 Å². The summed E-state index contributed by atoms with van der Waals surface area (Å²) in [5.74, 6) is 1.47. The van der Waals surface area contributed by atoms with Crippen molar-refractivity contribution in [2.75, 3.05) is 0 Å². The van der Waals surface area contributed by atoms with E-state index < -0.39 is 11.2 Å². The summed E-state index contributed by atoms with van der Waals surface area (Å²) >= 11 is 0. The van der Waals surface area contributed by atoms with Crippen LogP contribution in [-0.4, -0.2) is 21.4 Å². The van der Waals surface area contributed by atoms with E-state index in [2.05, 4.69) is 34.6 Å². The molecule has 0 spiro atoms. The number of rotatable bonds is 0. The molecule has 0 atom stereocenters. The Morgan fingerprint density at radius 1 is 0.609 bits per heavy atom. The van der Waals surface area contributed by atoms with Gasteiger partial charge in [-0.25, -0.2) is 0 Å². The van der Waals surface area contributed by atoms with Crippen molar-refractivity contribution in [1.82, 2.24) is 0 Å². The summed E-state index contributed by atoms with van der Waals surface area (Å²) in [6.07, 6.45) is 0. The monoisotopic (exact) mass is 497 g/mol. The van der Waals surface area contributed by atoms with Crippen molar-refractivity contribution in [3.63, 3.8) is 0 Å². The summed E-state index contributed by atoms with van der Waals surface area (Å²) in [7, 11) is 0. The van der Waals surface area contributed by atoms with E-state index in [-0.39, 0.29) is 21.1 Å². The van der Waals surface area contributed by atoms with Gasteiger partial charge >= 0.3 is 0 Å². The van der Waals surface area contributed by atoms with Crippen molar-refractivity contribution in [2.45, 2.75) is 87.4 Å². The Morgan fingerprint density at radius 3 is 0.783 bits per heavy atom. The number of hydrogen-bond donors (Lipinski definition) is 2. The third-order valence-electron chi connectivity index (χ3n) is 2.81. The zero-order valence-electron chi connectivity index (χ0n) is 16.7. The molecule has 0 bridgehead atoms. The van der Waals surface area contributed by atoms with Crippen molar-refractivity contribution < 1.29 is 31.3 Å². The number of nitroso groups, excluding NO2 is 1. The van der Waals surface area contributed by atoms with E-state index in [4.69, 9.17) is 20.7 Å². The molecule has 1 aliphatic carbocycles. The normalized spacial score (nSPS) is 14.7. The summed E-state index contributed by atoms with van der Waals surface area (Å²) in [6, 6.07) is 0. The molecule has 1 aliphatic rings. The summed E-state index contributed by atoms with van der Waals surface area (Å²) in [4.78, 5) is 7.25. The van der Waals surface area contributed by atoms with Gasteiger partial charge in [0.15, 0.2) is 0 Å². The van der Waals surface area contributed by atoms with Crippen LogP contribution in [0.15, 0.2) is 22.3 Å². The second-order valence-corrected chi connectivity index (χ2v) is 7.47. The van der Waals surface area contributed by atoms with Gasteiger partial charge in [0.2, 0.25) is 0 Å². The number of hydrogen-bond acceptors (Lipinski definition) is 3. The van der Waals surface area contributed by atoms with Crippen molar-refractivity contribution >= 4 is 0 Å². The molecule has 0 fully saturated rings.